The molecule has 2 unspecified atom stereocenters. The summed E-state index contributed by atoms with van der Waals surface area (Å²) in [5.74, 6) is 0.595. The predicted octanol–water partition coefficient (Wildman–Crippen LogP) is 4.15. The fourth-order valence-corrected chi connectivity index (χ4v) is 2.71. The first kappa shape index (κ1) is 12.2. The molecule has 96 valence electrons. The van der Waals surface area contributed by atoms with Crippen LogP contribution in [0.5, 0.6) is 0 Å². The van der Waals surface area contributed by atoms with Crippen molar-refractivity contribution in [2.24, 2.45) is 0 Å². The van der Waals surface area contributed by atoms with Crippen LogP contribution in [0.2, 0.25) is 0 Å². The van der Waals surface area contributed by atoms with Crippen molar-refractivity contribution in [1.82, 2.24) is 5.32 Å². The second-order valence-corrected chi connectivity index (χ2v) is 5.19. The topological polar surface area (TPSA) is 12.0 Å². The average Bonchev–Trinajstić information content (AvgIpc) is 2.48. The van der Waals surface area contributed by atoms with Crippen molar-refractivity contribution in [3.05, 3.63) is 77.4 Å². The summed E-state index contributed by atoms with van der Waals surface area (Å²) in [5, 5.41) is 3.61. The fraction of sp³-hybridized carbons (Fsp3) is 0.222. The van der Waals surface area contributed by atoms with Crippen molar-refractivity contribution in [2.45, 2.75) is 18.9 Å². The highest BCUT2D eigenvalue weighted by molar-refractivity contribution is 5.51. The lowest BCUT2D eigenvalue weighted by molar-refractivity contribution is 0.527. The van der Waals surface area contributed by atoms with E-state index >= 15 is 0 Å². The molecule has 0 aliphatic carbocycles. The van der Waals surface area contributed by atoms with Crippen LogP contribution in [0.4, 0.5) is 0 Å². The van der Waals surface area contributed by atoms with Gasteiger partial charge in [0.2, 0.25) is 0 Å². The van der Waals surface area contributed by atoms with E-state index in [9.17, 15) is 0 Å². The van der Waals surface area contributed by atoms with E-state index < -0.39 is 0 Å². The number of rotatable bonds is 2. The van der Waals surface area contributed by atoms with Gasteiger partial charge in [0.15, 0.2) is 0 Å². The maximum atomic E-state index is 3.61. The van der Waals surface area contributed by atoms with E-state index in [4.69, 9.17) is 0 Å². The number of hydrogen-bond acceptors (Lipinski definition) is 1. The van der Waals surface area contributed by atoms with Gasteiger partial charge in [-0.15, -0.1) is 0 Å². The highest BCUT2D eigenvalue weighted by Crippen LogP contribution is 2.30. The van der Waals surface area contributed by atoms with Gasteiger partial charge in [0.1, 0.15) is 0 Å². The first-order valence-electron chi connectivity index (χ1n) is 6.90. The third-order valence-corrected chi connectivity index (χ3v) is 3.79. The first-order valence-corrected chi connectivity index (χ1v) is 6.90. The Morgan fingerprint density at radius 1 is 0.947 bits per heavy atom. The van der Waals surface area contributed by atoms with E-state index in [1.807, 2.05) is 6.07 Å². The maximum Gasteiger partial charge on any atom is 0.0512 e. The van der Waals surface area contributed by atoms with E-state index in [1.54, 1.807) is 0 Å². The molecular weight excluding hydrogens is 230 g/mol. The third kappa shape index (κ3) is 2.61. The molecule has 2 aromatic rings. The van der Waals surface area contributed by atoms with Crippen molar-refractivity contribution >= 4 is 6.08 Å². The van der Waals surface area contributed by atoms with E-state index in [-0.39, 0.29) is 0 Å². The molecule has 0 radical (unpaired) electrons. The second kappa shape index (κ2) is 5.41. The molecule has 0 spiro atoms. The fourth-order valence-electron chi connectivity index (χ4n) is 2.71. The van der Waals surface area contributed by atoms with Crippen LogP contribution in [0.15, 0.2) is 60.7 Å². The van der Waals surface area contributed by atoms with Crippen molar-refractivity contribution in [3.8, 4) is 0 Å². The van der Waals surface area contributed by atoms with Gasteiger partial charge in [-0.1, -0.05) is 73.7 Å². The molecule has 3 rings (SSSR count). The Morgan fingerprint density at radius 2 is 1.63 bits per heavy atom. The summed E-state index contributed by atoms with van der Waals surface area (Å²) in [7, 11) is 0. The SMILES string of the molecule is CC1CNC(/C=C/c2ccccc2)c2ccccc21. The number of fused-ring (bicyclic) bond motifs is 1. The standard InChI is InChI=1S/C18H19N/c1-14-13-19-18(17-10-6-5-9-16(14)17)12-11-15-7-3-2-4-8-15/h2-12,14,18-19H,13H2,1H3/b12-11+. The van der Waals surface area contributed by atoms with Crippen LogP contribution in [-0.4, -0.2) is 6.54 Å². The van der Waals surface area contributed by atoms with Crippen LogP contribution in [-0.2, 0) is 0 Å². The maximum absolute atomic E-state index is 3.61. The minimum atomic E-state index is 0.326. The Morgan fingerprint density at radius 3 is 2.42 bits per heavy atom. The van der Waals surface area contributed by atoms with E-state index in [1.165, 1.54) is 16.7 Å². The smallest absolute Gasteiger partial charge is 0.0512 e. The third-order valence-electron chi connectivity index (χ3n) is 3.79. The lowest BCUT2D eigenvalue weighted by atomic mass is 9.87. The van der Waals surface area contributed by atoms with Crippen LogP contribution in [0.25, 0.3) is 6.08 Å². The summed E-state index contributed by atoms with van der Waals surface area (Å²) in [6.45, 7) is 3.32. The zero-order chi connectivity index (χ0) is 13.1. The summed E-state index contributed by atoms with van der Waals surface area (Å²) < 4.78 is 0. The molecule has 1 nitrogen and oxygen atoms in total. The van der Waals surface area contributed by atoms with Crippen LogP contribution < -0.4 is 5.32 Å². The molecule has 1 aliphatic heterocycles. The molecule has 0 amide bonds. The highest BCUT2D eigenvalue weighted by atomic mass is 14.9. The number of benzene rings is 2. The van der Waals surface area contributed by atoms with Gasteiger partial charge >= 0.3 is 0 Å². The summed E-state index contributed by atoms with van der Waals surface area (Å²) in [6, 6.07) is 19.5. The van der Waals surface area contributed by atoms with Gasteiger partial charge in [-0.2, -0.15) is 0 Å². The Balaban J connectivity index is 1.87. The van der Waals surface area contributed by atoms with Gasteiger partial charge in [-0.3, -0.25) is 0 Å². The van der Waals surface area contributed by atoms with Crippen molar-refractivity contribution in [1.29, 1.82) is 0 Å². The van der Waals surface area contributed by atoms with Crippen molar-refractivity contribution in [2.75, 3.05) is 6.54 Å². The summed E-state index contributed by atoms with van der Waals surface area (Å²) in [6.07, 6.45) is 4.46. The quantitative estimate of drug-likeness (QED) is 0.843. The van der Waals surface area contributed by atoms with Crippen LogP contribution in [0.1, 0.15) is 35.6 Å². The van der Waals surface area contributed by atoms with E-state index in [2.05, 4.69) is 72.9 Å². The van der Waals surface area contributed by atoms with Gasteiger partial charge in [0, 0.05) is 6.54 Å². The molecule has 1 heteroatoms. The van der Waals surface area contributed by atoms with Crippen LogP contribution >= 0.6 is 0 Å². The Bertz CT molecular complexity index is 571. The molecule has 0 bridgehead atoms. The van der Waals surface area contributed by atoms with Gasteiger partial charge in [0.05, 0.1) is 6.04 Å². The molecule has 2 atom stereocenters. The number of nitrogens with one attached hydrogen (secondary N) is 1. The molecule has 1 aliphatic rings. The van der Waals surface area contributed by atoms with Crippen LogP contribution in [0, 0.1) is 0 Å². The molecular formula is C18H19N. The molecule has 0 saturated carbocycles. The Hall–Kier alpha value is -1.86. The lowest BCUT2D eigenvalue weighted by Crippen LogP contribution is -2.30. The van der Waals surface area contributed by atoms with Crippen molar-refractivity contribution in [3.63, 3.8) is 0 Å². The predicted molar refractivity (Wildman–Crippen MR) is 81.1 cm³/mol. The lowest BCUT2D eigenvalue weighted by Gasteiger charge is -2.29. The van der Waals surface area contributed by atoms with Gasteiger partial charge in [0.25, 0.3) is 0 Å². The van der Waals surface area contributed by atoms with Gasteiger partial charge < -0.3 is 5.32 Å². The Kier molecular flexibility index (Phi) is 3.47. The summed E-state index contributed by atoms with van der Waals surface area (Å²) >= 11 is 0. The van der Waals surface area contributed by atoms with Gasteiger partial charge in [-0.25, -0.2) is 0 Å². The first-order chi connectivity index (χ1) is 9.34. The molecule has 0 fully saturated rings. The van der Waals surface area contributed by atoms with Crippen LogP contribution in [0.3, 0.4) is 0 Å². The monoisotopic (exact) mass is 249 g/mol. The van der Waals surface area contributed by atoms with E-state index in [0.29, 0.717) is 12.0 Å². The minimum absolute atomic E-state index is 0.326. The molecule has 1 N–H and O–H groups in total. The largest absolute Gasteiger partial charge is 0.306 e. The molecule has 1 heterocycles. The molecule has 0 saturated heterocycles. The number of hydrogen-bond donors (Lipinski definition) is 1. The molecule has 19 heavy (non-hydrogen) atoms. The van der Waals surface area contributed by atoms with Crippen molar-refractivity contribution < 1.29 is 0 Å². The Labute approximate surface area is 115 Å². The zero-order valence-electron chi connectivity index (χ0n) is 11.2. The zero-order valence-corrected chi connectivity index (χ0v) is 11.2. The summed E-state index contributed by atoms with van der Waals surface area (Å²) in [5.41, 5.74) is 4.14. The second-order valence-electron chi connectivity index (χ2n) is 5.19. The normalized spacial score (nSPS) is 22.4. The van der Waals surface area contributed by atoms with E-state index in [0.717, 1.165) is 6.54 Å². The summed E-state index contributed by atoms with van der Waals surface area (Å²) in [4.78, 5) is 0. The minimum Gasteiger partial charge on any atom is -0.306 e. The molecule has 0 aromatic heterocycles. The molecule has 2 aromatic carbocycles. The van der Waals surface area contributed by atoms with Gasteiger partial charge in [-0.05, 0) is 22.6 Å². The highest BCUT2D eigenvalue weighted by Gasteiger charge is 2.21. The average molecular weight is 249 g/mol.